The van der Waals surface area contributed by atoms with Gasteiger partial charge >= 0.3 is 5.97 Å². The van der Waals surface area contributed by atoms with Crippen molar-refractivity contribution < 1.29 is 9.53 Å². The Hall–Kier alpha value is -4.23. The number of rotatable bonds is 7. The molecule has 0 atom stereocenters. The molecule has 208 valence electrons. The monoisotopic (exact) mass is 562 g/mol. The number of aryl methyl sites for hydroxylation is 2. The predicted molar refractivity (Wildman–Crippen MR) is 167 cm³/mol. The number of benzene rings is 3. The molecule has 0 spiro atoms. The van der Waals surface area contributed by atoms with Crippen LogP contribution in [0.15, 0.2) is 78.4 Å². The summed E-state index contributed by atoms with van der Waals surface area (Å²) in [4.78, 5) is 23.8. The topological polar surface area (TPSA) is 61.4 Å². The lowest BCUT2D eigenvalue weighted by Gasteiger charge is -2.20. The highest BCUT2D eigenvalue weighted by molar-refractivity contribution is 7.15. The summed E-state index contributed by atoms with van der Waals surface area (Å²) in [6, 6.07) is 20.5. The summed E-state index contributed by atoms with van der Waals surface area (Å²) in [5, 5.41) is 2.05. The second-order valence-corrected chi connectivity index (χ2v) is 12.4. The van der Waals surface area contributed by atoms with Gasteiger partial charge in [0.25, 0.3) is 0 Å². The van der Waals surface area contributed by atoms with Gasteiger partial charge in [-0.15, -0.1) is 11.3 Å². The number of thiazole rings is 1. The van der Waals surface area contributed by atoms with Crippen LogP contribution in [0, 0.1) is 6.92 Å². The van der Waals surface area contributed by atoms with E-state index in [9.17, 15) is 4.79 Å². The number of aromatic nitrogens is 4. The summed E-state index contributed by atoms with van der Waals surface area (Å²) in [7, 11) is 0. The Labute approximate surface area is 244 Å². The molecule has 0 aliphatic rings. The van der Waals surface area contributed by atoms with Crippen molar-refractivity contribution in [3.63, 3.8) is 0 Å². The van der Waals surface area contributed by atoms with E-state index in [1.807, 2.05) is 56.6 Å². The molecule has 6 nitrogen and oxygen atoms in total. The summed E-state index contributed by atoms with van der Waals surface area (Å²) < 4.78 is 10.1. The van der Waals surface area contributed by atoms with Crippen molar-refractivity contribution in [2.24, 2.45) is 0 Å². The molecule has 0 saturated heterocycles. The molecule has 6 aromatic rings. The van der Waals surface area contributed by atoms with Crippen molar-refractivity contribution in [3.8, 4) is 22.4 Å². The molecule has 0 fully saturated rings. The van der Waals surface area contributed by atoms with E-state index in [1.165, 1.54) is 5.56 Å². The van der Waals surface area contributed by atoms with Gasteiger partial charge in [0.05, 0.1) is 22.3 Å². The van der Waals surface area contributed by atoms with E-state index in [2.05, 4.69) is 65.4 Å². The number of imidazole rings is 2. The average molecular weight is 563 g/mol. The summed E-state index contributed by atoms with van der Waals surface area (Å²) in [6.07, 6.45) is 6.06. The quantitative estimate of drug-likeness (QED) is 0.184. The Morgan fingerprint density at radius 2 is 1.78 bits per heavy atom. The molecule has 0 N–H and O–H groups in total. The van der Waals surface area contributed by atoms with Crippen LogP contribution in [-0.2, 0) is 17.7 Å². The van der Waals surface area contributed by atoms with E-state index >= 15 is 0 Å². The zero-order chi connectivity index (χ0) is 28.7. The van der Waals surface area contributed by atoms with E-state index in [1.54, 1.807) is 11.3 Å². The highest BCUT2D eigenvalue weighted by Gasteiger charge is 2.21. The summed E-state index contributed by atoms with van der Waals surface area (Å²) in [6.45, 7) is 10.7. The number of nitrogens with zero attached hydrogens (tertiary/aromatic N) is 4. The number of esters is 1. The predicted octanol–water partition coefficient (Wildman–Crippen LogP) is 8.34. The minimum atomic E-state index is -0.552. The fourth-order valence-electron chi connectivity index (χ4n) is 5.26. The second-order valence-electron chi connectivity index (χ2n) is 11.5. The van der Waals surface area contributed by atoms with E-state index in [4.69, 9.17) is 14.7 Å². The third-order valence-electron chi connectivity index (χ3n) is 7.14. The molecular formula is C34H34N4O2S. The molecule has 0 radical (unpaired) electrons. The van der Waals surface area contributed by atoms with Crippen molar-refractivity contribution in [1.29, 1.82) is 0 Å². The second kappa shape index (κ2) is 10.6. The SMILES string of the molecule is CCCc1nc2c(C)cc(-c3cn4ccsc4n3)cc2n1Cc1ccc(-c2ccccc2C(=O)OC(C)(C)C)cc1. The van der Waals surface area contributed by atoms with Gasteiger partial charge in [-0.3, -0.25) is 4.40 Å². The van der Waals surface area contributed by atoms with Crippen molar-refractivity contribution in [1.82, 2.24) is 18.9 Å². The van der Waals surface area contributed by atoms with Gasteiger partial charge in [0.1, 0.15) is 11.4 Å². The first kappa shape index (κ1) is 27.0. The van der Waals surface area contributed by atoms with Crippen LogP contribution in [0.1, 0.15) is 61.4 Å². The van der Waals surface area contributed by atoms with Gasteiger partial charge in [-0.05, 0) is 74.6 Å². The molecule has 3 aromatic carbocycles. The molecule has 3 heterocycles. The van der Waals surface area contributed by atoms with E-state index < -0.39 is 5.60 Å². The third-order valence-corrected chi connectivity index (χ3v) is 7.91. The Kier molecular flexibility index (Phi) is 6.99. The molecule has 0 saturated carbocycles. The first-order valence-electron chi connectivity index (χ1n) is 14.0. The molecule has 0 unspecified atom stereocenters. The van der Waals surface area contributed by atoms with Gasteiger partial charge in [-0.25, -0.2) is 14.8 Å². The Bertz CT molecular complexity index is 1840. The van der Waals surface area contributed by atoms with Crippen molar-refractivity contribution in [2.45, 2.75) is 59.6 Å². The van der Waals surface area contributed by atoms with Gasteiger partial charge in [0.2, 0.25) is 0 Å². The lowest BCUT2D eigenvalue weighted by molar-refractivity contribution is 0.00704. The Morgan fingerprint density at radius 1 is 1.00 bits per heavy atom. The fourth-order valence-corrected chi connectivity index (χ4v) is 5.96. The van der Waals surface area contributed by atoms with Gasteiger partial charge < -0.3 is 9.30 Å². The first-order chi connectivity index (χ1) is 19.7. The zero-order valence-corrected chi connectivity index (χ0v) is 25.0. The fraction of sp³-hybridized carbons (Fsp3) is 0.265. The number of ether oxygens (including phenoxy) is 1. The Morgan fingerprint density at radius 3 is 2.51 bits per heavy atom. The van der Waals surface area contributed by atoms with Crippen LogP contribution >= 0.6 is 11.3 Å². The summed E-state index contributed by atoms with van der Waals surface area (Å²) >= 11 is 1.64. The molecule has 41 heavy (non-hydrogen) atoms. The summed E-state index contributed by atoms with van der Waals surface area (Å²) in [5.74, 6) is 0.780. The molecule has 0 bridgehead atoms. The maximum absolute atomic E-state index is 12.9. The zero-order valence-electron chi connectivity index (χ0n) is 24.1. The Balaban J connectivity index is 1.35. The lowest BCUT2D eigenvalue weighted by atomic mass is 9.98. The van der Waals surface area contributed by atoms with Gasteiger partial charge in [0.15, 0.2) is 4.96 Å². The normalized spacial score (nSPS) is 11.9. The van der Waals surface area contributed by atoms with Crippen LogP contribution in [0.3, 0.4) is 0 Å². The van der Waals surface area contributed by atoms with Crippen LogP contribution in [0.5, 0.6) is 0 Å². The maximum atomic E-state index is 12.9. The van der Waals surface area contributed by atoms with Crippen LogP contribution < -0.4 is 0 Å². The number of carbonyl (C=O) groups is 1. The van der Waals surface area contributed by atoms with Gasteiger partial charge in [0, 0.05) is 36.3 Å². The van der Waals surface area contributed by atoms with E-state index in [0.717, 1.165) is 62.6 Å². The van der Waals surface area contributed by atoms with Crippen molar-refractivity contribution in [2.75, 3.05) is 0 Å². The molecule has 0 aliphatic heterocycles. The number of carbonyl (C=O) groups excluding carboxylic acids is 1. The number of hydrogen-bond donors (Lipinski definition) is 0. The largest absolute Gasteiger partial charge is 0.456 e. The molecule has 0 amide bonds. The van der Waals surface area contributed by atoms with E-state index in [0.29, 0.717) is 12.1 Å². The first-order valence-corrected chi connectivity index (χ1v) is 14.9. The van der Waals surface area contributed by atoms with Crippen molar-refractivity contribution in [3.05, 3.63) is 101 Å². The minimum absolute atomic E-state index is 0.310. The summed E-state index contributed by atoms with van der Waals surface area (Å²) in [5.41, 5.74) is 8.44. The molecule has 6 rings (SSSR count). The van der Waals surface area contributed by atoms with Gasteiger partial charge in [-0.1, -0.05) is 49.4 Å². The minimum Gasteiger partial charge on any atom is -0.456 e. The third kappa shape index (κ3) is 5.42. The molecule has 3 aromatic heterocycles. The maximum Gasteiger partial charge on any atom is 0.339 e. The lowest BCUT2D eigenvalue weighted by Crippen LogP contribution is -2.24. The van der Waals surface area contributed by atoms with Crippen LogP contribution in [0.2, 0.25) is 0 Å². The highest BCUT2D eigenvalue weighted by atomic mass is 32.1. The molecule has 0 aliphatic carbocycles. The van der Waals surface area contributed by atoms with E-state index in [-0.39, 0.29) is 5.97 Å². The molecule has 7 heteroatoms. The van der Waals surface area contributed by atoms with Crippen LogP contribution in [0.4, 0.5) is 0 Å². The standard InChI is InChI=1S/C34H34N4O2S/c1-6-9-30-36-31-22(2)18-25(28-21-37-16-17-41-33(37)35-28)19-29(31)38(30)20-23-12-14-24(15-13-23)26-10-7-8-11-27(26)32(39)40-34(3,4)5/h7-8,10-19,21H,6,9,20H2,1-5H3. The van der Waals surface area contributed by atoms with Crippen LogP contribution in [0.25, 0.3) is 38.4 Å². The average Bonchev–Trinajstić information content (AvgIpc) is 3.63. The van der Waals surface area contributed by atoms with Crippen molar-refractivity contribution >= 4 is 33.3 Å². The molecular weight excluding hydrogens is 528 g/mol. The highest BCUT2D eigenvalue weighted by Crippen LogP contribution is 2.31. The van der Waals surface area contributed by atoms with Crippen LogP contribution in [-0.4, -0.2) is 30.5 Å². The number of fused-ring (bicyclic) bond motifs is 2. The smallest absolute Gasteiger partial charge is 0.339 e. The number of hydrogen-bond acceptors (Lipinski definition) is 5. The van der Waals surface area contributed by atoms with Gasteiger partial charge in [-0.2, -0.15) is 0 Å².